The average Bonchev–Trinajstić information content (AvgIpc) is 2.64. The molecule has 0 saturated carbocycles. The summed E-state index contributed by atoms with van der Waals surface area (Å²) in [6.07, 6.45) is 0.778. The molecule has 0 radical (unpaired) electrons. The highest BCUT2D eigenvalue weighted by atomic mass is 31.2. The smallest absolute Gasteiger partial charge is 0.269 e. The van der Waals surface area contributed by atoms with E-state index in [1.165, 1.54) is 12.1 Å². The first-order valence-corrected chi connectivity index (χ1v) is 14.0. The third kappa shape index (κ3) is 12.8. The Balaban J connectivity index is 0. The molecule has 32 heavy (non-hydrogen) atoms. The molecule has 0 spiro atoms. The van der Waals surface area contributed by atoms with Crippen molar-refractivity contribution >= 4 is 26.1 Å². The van der Waals surface area contributed by atoms with Gasteiger partial charge in [-0.05, 0) is 37.1 Å². The number of nitrogens with zero attached hydrogens (tertiary/aromatic N) is 1. The van der Waals surface area contributed by atoms with Crippen LogP contribution in [0.15, 0.2) is 48.5 Å². The lowest BCUT2D eigenvalue weighted by Gasteiger charge is -2.12. The van der Waals surface area contributed by atoms with E-state index in [4.69, 9.17) is 14.8 Å². The van der Waals surface area contributed by atoms with Gasteiger partial charge in [-0.2, -0.15) is 0 Å². The van der Waals surface area contributed by atoms with Crippen LogP contribution in [0, 0.1) is 10.1 Å². The van der Waals surface area contributed by atoms with E-state index < -0.39 is 19.7 Å². The van der Waals surface area contributed by atoms with E-state index in [2.05, 4.69) is 0 Å². The molecule has 182 valence electrons. The summed E-state index contributed by atoms with van der Waals surface area (Å²) < 4.78 is 34.0. The molecule has 0 aliphatic heterocycles. The van der Waals surface area contributed by atoms with Crippen LogP contribution in [-0.2, 0) is 30.5 Å². The van der Waals surface area contributed by atoms with Gasteiger partial charge < -0.3 is 14.8 Å². The van der Waals surface area contributed by atoms with Gasteiger partial charge in [0.05, 0.1) is 18.1 Å². The molecular weight excluding hydrogens is 450 g/mol. The van der Waals surface area contributed by atoms with Crippen molar-refractivity contribution in [2.45, 2.75) is 41.0 Å². The molecule has 0 aliphatic rings. The van der Waals surface area contributed by atoms with E-state index in [-0.39, 0.29) is 20.5 Å². The first kappa shape index (κ1) is 32.2. The van der Waals surface area contributed by atoms with E-state index >= 15 is 0 Å². The molecule has 2 aromatic carbocycles. The zero-order valence-corrected chi connectivity index (χ0v) is 19.6. The van der Waals surface area contributed by atoms with Gasteiger partial charge >= 0.3 is 0 Å². The maximum absolute atomic E-state index is 11.8. The van der Waals surface area contributed by atoms with Crippen molar-refractivity contribution < 1.29 is 23.1 Å². The molecule has 0 bridgehead atoms. The van der Waals surface area contributed by atoms with Crippen LogP contribution in [0.1, 0.15) is 39.8 Å². The lowest BCUT2D eigenvalue weighted by Crippen LogP contribution is -1.93. The lowest BCUT2D eigenvalue weighted by atomic mass is 10.2. The number of benzene rings is 2. The number of rotatable bonds is 9. The van der Waals surface area contributed by atoms with Crippen molar-refractivity contribution in [3.05, 3.63) is 69.8 Å². The average molecular weight is 489 g/mol. The molecule has 0 aliphatic carbocycles. The van der Waals surface area contributed by atoms with Crippen LogP contribution < -0.4 is 5.73 Å². The van der Waals surface area contributed by atoms with Crippen molar-refractivity contribution in [1.29, 1.82) is 0 Å². The zero-order chi connectivity index (χ0) is 22.8. The minimum Gasteiger partial charge on any atom is -0.399 e. The number of nitro benzene ring substituents is 1. The van der Waals surface area contributed by atoms with Crippen LogP contribution in [0.5, 0.6) is 0 Å². The number of non-ortho nitro benzene ring substituents is 1. The maximum Gasteiger partial charge on any atom is 0.269 e. The Morgan fingerprint density at radius 2 is 1.16 bits per heavy atom. The molecule has 2 N–H and O–H groups in total. The van der Waals surface area contributed by atoms with Crippen molar-refractivity contribution in [3.63, 3.8) is 0 Å². The Kier molecular flexibility index (Phi) is 15.1. The molecule has 0 heterocycles. The summed E-state index contributed by atoms with van der Waals surface area (Å²) in [5, 5.41) is 10.4. The van der Waals surface area contributed by atoms with Gasteiger partial charge in [-0.3, -0.25) is 19.2 Å². The van der Waals surface area contributed by atoms with Crippen molar-refractivity contribution in [2.24, 2.45) is 0 Å². The third-order valence-corrected chi connectivity index (χ3v) is 7.36. The summed E-state index contributed by atoms with van der Waals surface area (Å²) in [7, 11) is -5.09. The molecule has 0 aromatic heterocycles. The summed E-state index contributed by atoms with van der Waals surface area (Å²) in [5.41, 5.74) is 8.08. The van der Waals surface area contributed by atoms with Crippen LogP contribution in [0.2, 0.25) is 0 Å². The summed E-state index contributed by atoms with van der Waals surface area (Å²) in [6.45, 7) is 7.75. The predicted octanol–water partition coefficient (Wildman–Crippen LogP) is 7.02. The summed E-state index contributed by atoms with van der Waals surface area (Å²) in [6, 6.07) is 13.4. The van der Waals surface area contributed by atoms with Crippen LogP contribution in [0.4, 0.5) is 11.4 Å². The Labute approximate surface area is 192 Å². The van der Waals surface area contributed by atoms with Crippen LogP contribution in [0.25, 0.3) is 0 Å². The Morgan fingerprint density at radius 3 is 1.47 bits per heavy atom. The Hall–Kier alpha value is -1.98. The van der Waals surface area contributed by atoms with Gasteiger partial charge in [0.1, 0.15) is 0 Å². The summed E-state index contributed by atoms with van der Waals surface area (Å²) >= 11 is 0. The van der Waals surface area contributed by atoms with Crippen LogP contribution in [0.3, 0.4) is 0 Å². The largest absolute Gasteiger partial charge is 0.399 e. The van der Waals surface area contributed by atoms with Gasteiger partial charge in [-0.1, -0.05) is 39.1 Å². The molecule has 10 heteroatoms. The monoisotopic (exact) mass is 488 g/mol. The molecular formula is C22H38N2O6P2. The number of hydrogen-bond acceptors (Lipinski definition) is 7. The van der Waals surface area contributed by atoms with Crippen LogP contribution >= 0.6 is 14.7 Å². The molecule has 2 unspecified atom stereocenters. The second-order valence-electron chi connectivity index (χ2n) is 6.85. The van der Waals surface area contributed by atoms with Gasteiger partial charge in [-0.25, -0.2) is 0 Å². The predicted molar refractivity (Wildman–Crippen MR) is 135 cm³/mol. The highest BCUT2D eigenvalue weighted by Crippen LogP contribution is 2.46. The molecule has 0 fully saturated rings. The molecule has 0 amide bonds. The quantitative estimate of drug-likeness (QED) is 0.174. The fraction of sp³-hybridized carbons (Fsp3) is 0.455. The fourth-order valence-corrected chi connectivity index (χ4v) is 5.67. The highest BCUT2D eigenvalue weighted by Gasteiger charge is 2.17. The SMILES string of the molecule is C.C.CCOP(C)(=O)Cc1ccc(N)cc1.CCOP(C)(=O)Cc1ccc([N+](=O)[O-])cc1. The summed E-state index contributed by atoms with van der Waals surface area (Å²) in [4.78, 5) is 9.97. The van der Waals surface area contributed by atoms with Gasteiger partial charge in [0.25, 0.3) is 5.69 Å². The van der Waals surface area contributed by atoms with Crippen molar-refractivity contribution in [1.82, 2.24) is 0 Å². The topological polar surface area (TPSA) is 122 Å². The van der Waals surface area contributed by atoms with E-state index in [0.29, 0.717) is 25.5 Å². The number of nitro groups is 1. The Bertz CT molecular complexity index is 902. The van der Waals surface area contributed by atoms with E-state index in [9.17, 15) is 19.2 Å². The molecule has 2 atom stereocenters. The highest BCUT2D eigenvalue weighted by molar-refractivity contribution is 7.57. The minimum atomic E-state index is -2.62. The van der Waals surface area contributed by atoms with Crippen LogP contribution in [-0.4, -0.2) is 31.5 Å². The van der Waals surface area contributed by atoms with Gasteiger partial charge in [0.2, 0.25) is 14.7 Å². The molecule has 8 nitrogen and oxygen atoms in total. The molecule has 2 aromatic rings. The lowest BCUT2D eigenvalue weighted by molar-refractivity contribution is -0.384. The van der Waals surface area contributed by atoms with E-state index in [1.54, 1.807) is 44.5 Å². The minimum absolute atomic E-state index is 0. The first-order valence-electron chi connectivity index (χ1n) is 9.48. The van der Waals surface area contributed by atoms with E-state index in [0.717, 1.165) is 16.8 Å². The number of nitrogen functional groups attached to an aromatic ring is 1. The molecule has 2 rings (SSSR count). The van der Waals surface area contributed by atoms with Gasteiger partial charge in [0.15, 0.2) is 0 Å². The maximum atomic E-state index is 11.8. The summed E-state index contributed by atoms with van der Waals surface area (Å²) in [5.74, 6) is 0. The van der Waals surface area contributed by atoms with E-state index in [1.807, 2.05) is 19.1 Å². The first-order chi connectivity index (χ1) is 14.0. The third-order valence-electron chi connectivity index (χ3n) is 3.87. The fourth-order valence-electron chi connectivity index (χ4n) is 2.65. The molecule has 0 saturated heterocycles. The standard InChI is InChI=1S/C10H14NO4P.C10H16NO2P.2CH4/c1-3-15-16(2,14)8-9-4-6-10(7-5-9)11(12)13;1-3-13-14(2,12)8-9-4-6-10(11)7-5-9;;/h4-7H,3,8H2,1-2H3;4-7H,3,8,11H2,1-2H3;2*1H4. The van der Waals surface area contributed by atoms with Gasteiger partial charge in [0, 0.05) is 43.5 Å². The number of nitrogens with two attached hydrogens (primary N) is 1. The zero-order valence-electron chi connectivity index (χ0n) is 17.8. The van der Waals surface area contributed by atoms with Crippen molar-refractivity contribution in [3.8, 4) is 0 Å². The number of hydrogen-bond donors (Lipinski definition) is 1. The Morgan fingerprint density at radius 1 is 0.812 bits per heavy atom. The number of anilines is 1. The normalized spacial score (nSPS) is 13.8. The van der Waals surface area contributed by atoms with Crippen molar-refractivity contribution in [2.75, 3.05) is 32.3 Å². The second kappa shape index (κ2) is 15.0. The second-order valence-corrected chi connectivity index (χ2v) is 12.1. The van der Waals surface area contributed by atoms with Gasteiger partial charge in [-0.15, -0.1) is 0 Å².